The van der Waals surface area contributed by atoms with Crippen molar-refractivity contribution < 1.29 is 9.53 Å². The van der Waals surface area contributed by atoms with E-state index in [1.165, 1.54) is 49.0 Å². The van der Waals surface area contributed by atoms with Crippen molar-refractivity contribution in [3.63, 3.8) is 0 Å². The van der Waals surface area contributed by atoms with Gasteiger partial charge < -0.3 is 10.1 Å². The maximum absolute atomic E-state index is 12.5. The van der Waals surface area contributed by atoms with Crippen LogP contribution < -0.4 is 5.32 Å². The van der Waals surface area contributed by atoms with Crippen LogP contribution in [0.4, 0.5) is 5.13 Å². The van der Waals surface area contributed by atoms with Crippen molar-refractivity contribution in [2.75, 3.05) is 31.6 Å². The van der Waals surface area contributed by atoms with Crippen LogP contribution in [0.25, 0.3) is 10.6 Å². The molecule has 0 bridgehead atoms. The predicted molar refractivity (Wildman–Crippen MR) is 132 cm³/mol. The molecule has 0 unspecified atom stereocenters. The Morgan fingerprint density at radius 1 is 1.09 bits per heavy atom. The summed E-state index contributed by atoms with van der Waals surface area (Å²) in [6.07, 6.45) is 6.43. The van der Waals surface area contributed by atoms with Gasteiger partial charge in [-0.15, -0.1) is 21.5 Å². The number of thiazole rings is 1. The molecular formula is C24H29N5O2S2. The van der Waals surface area contributed by atoms with Crippen LogP contribution in [0.15, 0.2) is 29.6 Å². The van der Waals surface area contributed by atoms with Crippen LogP contribution in [-0.2, 0) is 22.5 Å². The first kappa shape index (κ1) is 22.6. The number of amides is 1. The van der Waals surface area contributed by atoms with Gasteiger partial charge in [0, 0.05) is 36.5 Å². The van der Waals surface area contributed by atoms with E-state index in [2.05, 4.69) is 49.7 Å². The lowest BCUT2D eigenvalue weighted by Crippen LogP contribution is -2.35. The molecule has 1 amide bonds. The third kappa shape index (κ3) is 6.03. The van der Waals surface area contributed by atoms with Crippen LogP contribution in [0.1, 0.15) is 54.3 Å². The third-order valence-corrected chi connectivity index (χ3v) is 8.19. The van der Waals surface area contributed by atoms with Crippen LogP contribution in [0.5, 0.6) is 0 Å². The number of hydrogen-bond acceptors (Lipinski definition) is 8. The molecule has 174 valence electrons. The highest BCUT2D eigenvalue weighted by Crippen LogP contribution is 2.35. The molecule has 1 saturated carbocycles. The highest BCUT2D eigenvalue weighted by molar-refractivity contribution is 7.15. The largest absolute Gasteiger partial charge is 0.379 e. The van der Waals surface area contributed by atoms with Crippen molar-refractivity contribution in [3.05, 3.63) is 45.9 Å². The summed E-state index contributed by atoms with van der Waals surface area (Å²) in [5.41, 5.74) is 3.15. The summed E-state index contributed by atoms with van der Waals surface area (Å²) in [7, 11) is 0. The minimum absolute atomic E-state index is 0.0981. The Morgan fingerprint density at radius 3 is 2.67 bits per heavy atom. The molecule has 1 aliphatic heterocycles. The van der Waals surface area contributed by atoms with Gasteiger partial charge in [-0.1, -0.05) is 54.9 Å². The highest BCUT2D eigenvalue weighted by atomic mass is 32.1. The molecule has 2 aliphatic rings. The van der Waals surface area contributed by atoms with Crippen molar-refractivity contribution in [3.8, 4) is 10.6 Å². The van der Waals surface area contributed by atoms with Gasteiger partial charge in [-0.25, -0.2) is 4.98 Å². The molecule has 0 spiro atoms. The van der Waals surface area contributed by atoms with Crippen molar-refractivity contribution in [1.82, 2.24) is 20.1 Å². The molecule has 1 aliphatic carbocycles. The number of ether oxygens (including phenoxy) is 1. The standard InChI is InChI=1S/C24H29N5O2S2/c30-21(26-24-28-27-23(33-24)18-4-2-1-3-5-18)14-20-16-32-22(25-20)19-8-6-17(7-9-19)15-29-10-12-31-13-11-29/h6-9,16,18H,1-5,10-15H2,(H,26,28,30). The first-order valence-electron chi connectivity index (χ1n) is 11.7. The van der Waals surface area contributed by atoms with Gasteiger partial charge in [0.25, 0.3) is 0 Å². The smallest absolute Gasteiger partial charge is 0.232 e. The maximum atomic E-state index is 12.5. The lowest BCUT2D eigenvalue weighted by atomic mass is 9.90. The fourth-order valence-electron chi connectivity index (χ4n) is 4.42. The molecule has 33 heavy (non-hydrogen) atoms. The maximum Gasteiger partial charge on any atom is 0.232 e. The van der Waals surface area contributed by atoms with Gasteiger partial charge in [0.15, 0.2) is 0 Å². The van der Waals surface area contributed by atoms with Crippen molar-refractivity contribution >= 4 is 33.7 Å². The minimum atomic E-state index is -0.0981. The number of aromatic nitrogens is 3. The van der Waals surface area contributed by atoms with E-state index in [4.69, 9.17) is 4.74 Å². The zero-order chi connectivity index (χ0) is 22.5. The van der Waals surface area contributed by atoms with Gasteiger partial charge in [-0.05, 0) is 18.4 Å². The Kier molecular flexibility index (Phi) is 7.40. The van der Waals surface area contributed by atoms with Gasteiger partial charge in [0.1, 0.15) is 10.0 Å². The fraction of sp³-hybridized carbons (Fsp3) is 0.500. The van der Waals surface area contributed by atoms with Gasteiger partial charge in [-0.2, -0.15) is 0 Å². The number of carbonyl (C=O) groups excluding carboxylic acids is 1. The van der Waals surface area contributed by atoms with Crippen LogP contribution in [-0.4, -0.2) is 52.3 Å². The summed E-state index contributed by atoms with van der Waals surface area (Å²) < 4.78 is 5.42. The summed E-state index contributed by atoms with van der Waals surface area (Å²) in [6.45, 7) is 4.54. The molecule has 3 aromatic rings. The van der Waals surface area contributed by atoms with E-state index >= 15 is 0 Å². The topological polar surface area (TPSA) is 80.2 Å². The second-order valence-corrected chi connectivity index (χ2v) is 10.6. The summed E-state index contributed by atoms with van der Waals surface area (Å²) in [5, 5.41) is 15.9. The number of carbonyl (C=O) groups is 1. The second kappa shape index (κ2) is 10.8. The molecule has 2 aromatic heterocycles. The van der Waals surface area contributed by atoms with Crippen molar-refractivity contribution in [2.45, 2.75) is 51.0 Å². The monoisotopic (exact) mass is 483 g/mol. The van der Waals surface area contributed by atoms with E-state index in [0.29, 0.717) is 11.0 Å². The normalized spacial score (nSPS) is 17.8. The third-order valence-electron chi connectivity index (χ3n) is 6.25. The lowest BCUT2D eigenvalue weighted by molar-refractivity contribution is -0.115. The molecule has 2 fully saturated rings. The van der Waals surface area contributed by atoms with Crippen LogP contribution in [0.2, 0.25) is 0 Å². The zero-order valence-corrected chi connectivity index (χ0v) is 20.3. The van der Waals surface area contributed by atoms with E-state index in [-0.39, 0.29) is 12.3 Å². The second-order valence-electron chi connectivity index (χ2n) is 8.73. The summed E-state index contributed by atoms with van der Waals surface area (Å²) in [6, 6.07) is 8.56. The van der Waals surface area contributed by atoms with E-state index in [9.17, 15) is 4.79 Å². The number of anilines is 1. The zero-order valence-electron chi connectivity index (χ0n) is 18.7. The molecule has 7 nitrogen and oxygen atoms in total. The van der Waals surface area contributed by atoms with Gasteiger partial charge in [0.2, 0.25) is 11.0 Å². The molecule has 9 heteroatoms. The van der Waals surface area contributed by atoms with Gasteiger partial charge in [-0.3, -0.25) is 9.69 Å². The lowest BCUT2D eigenvalue weighted by Gasteiger charge is -2.26. The Hall–Kier alpha value is -2.20. The number of hydrogen-bond donors (Lipinski definition) is 1. The van der Waals surface area contributed by atoms with Crippen molar-refractivity contribution in [2.24, 2.45) is 0 Å². The van der Waals surface area contributed by atoms with Crippen LogP contribution in [0.3, 0.4) is 0 Å². The first-order valence-corrected chi connectivity index (χ1v) is 13.4. The Morgan fingerprint density at radius 2 is 1.88 bits per heavy atom. The number of nitrogens with zero attached hydrogens (tertiary/aromatic N) is 4. The number of benzene rings is 1. The molecule has 1 N–H and O–H groups in total. The molecule has 1 aromatic carbocycles. The molecule has 0 atom stereocenters. The van der Waals surface area contributed by atoms with Gasteiger partial charge >= 0.3 is 0 Å². The van der Waals surface area contributed by atoms with Gasteiger partial charge in [0.05, 0.1) is 25.3 Å². The number of rotatable bonds is 7. The minimum Gasteiger partial charge on any atom is -0.379 e. The van der Waals surface area contributed by atoms with Crippen molar-refractivity contribution in [1.29, 1.82) is 0 Å². The molecule has 1 saturated heterocycles. The Balaban J connectivity index is 1.14. The number of morpholine rings is 1. The van der Waals surface area contributed by atoms with Crippen LogP contribution >= 0.6 is 22.7 Å². The average molecular weight is 484 g/mol. The van der Waals surface area contributed by atoms with E-state index in [1.54, 1.807) is 11.3 Å². The van der Waals surface area contributed by atoms with E-state index < -0.39 is 0 Å². The predicted octanol–water partition coefficient (Wildman–Crippen LogP) is 4.72. The summed E-state index contributed by atoms with van der Waals surface area (Å²) >= 11 is 3.08. The molecular weight excluding hydrogens is 454 g/mol. The first-order chi connectivity index (χ1) is 16.2. The molecule has 3 heterocycles. The Labute approximate surface area is 202 Å². The molecule has 0 radical (unpaired) electrons. The highest BCUT2D eigenvalue weighted by Gasteiger charge is 2.20. The fourth-order valence-corrected chi connectivity index (χ4v) is 6.17. The summed E-state index contributed by atoms with van der Waals surface area (Å²) in [5.74, 6) is 0.405. The average Bonchev–Trinajstić information content (AvgIpc) is 3.51. The van der Waals surface area contributed by atoms with E-state index in [0.717, 1.165) is 54.1 Å². The van der Waals surface area contributed by atoms with E-state index in [1.807, 2.05) is 5.38 Å². The molecule has 5 rings (SSSR count). The quantitative estimate of drug-likeness (QED) is 0.524. The Bertz CT molecular complexity index is 1050. The number of nitrogens with one attached hydrogen (secondary N) is 1. The van der Waals surface area contributed by atoms with Crippen LogP contribution in [0, 0.1) is 0 Å². The summed E-state index contributed by atoms with van der Waals surface area (Å²) in [4.78, 5) is 19.6. The SMILES string of the molecule is O=C(Cc1csc(-c2ccc(CN3CCOCC3)cc2)n1)Nc1nnc(C2CCCCC2)s1.